The Balaban J connectivity index is 1.02. The summed E-state index contributed by atoms with van der Waals surface area (Å²) in [5.74, 6) is 1.88. The van der Waals surface area contributed by atoms with Crippen molar-refractivity contribution >= 4 is 21.8 Å². The van der Waals surface area contributed by atoms with Crippen molar-refractivity contribution in [2.45, 2.75) is 51.4 Å². The summed E-state index contributed by atoms with van der Waals surface area (Å²) in [4.78, 5) is 8.77. The zero-order valence-corrected chi connectivity index (χ0v) is 18.7. The highest BCUT2D eigenvalue weighted by Crippen LogP contribution is 2.24. The second-order valence-corrected chi connectivity index (χ2v) is 8.18. The van der Waals surface area contributed by atoms with Gasteiger partial charge in [0.05, 0.1) is 24.2 Å². The lowest BCUT2D eigenvalue weighted by Gasteiger charge is -2.09. The predicted octanol–water partition coefficient (Wildman–Crippen LogP) is 7.36. The van der Waals surface area contributed by atoms with Crippen LogP contribution in [0, 0.1) is 0 Å². The second-order valence-electron chi connectivity index (χ2n) is 8.18. The molecule has 4 rings (SSSR count). The number of ether oxygens (including phenoxy) is 2. The van der Waals surface area contributed by atoms with E-state index in [4.69, 9.17) is 9.47 Å². The average Bonchev–Trinajstić information content (AvgIpc) is 2.85. The molecule has 0 radical (unpaired) electrons. The first-order valence-corrected chi connectivity index (χ1v) is 11.8. The van der Waals surface area contributed by atoms with Crippen LogP contribution in [0.2, 0.25) is 0 Å². The van der Waals surface area contributed by atoms with Crippen molar-refractivity contribution in [1.29, 1.82) is 0 Å². The third-order valence-corrected chi connectivity index (χ3v) is 5.77. The van der Waals surface area contributed by atoms with Gasteiger partial charge in [-0.15, -0.1) is 0 Å². The molecule has 0 saturated heterocycles. The van der Waals surface area contributed by atoms with Crippen LogP contribution in [0.1, 0.15) is 51.4 Å². The molecule has 0 spiro atoms. The maximum atomic E-state index is 6.00. The molecule has 0 amide bonds. The minimum Gasteiger partial charge on any atom is -0.493 e. The van der Waals surface area contributed by atoms with E-state index in [1.165, 1.54) is 38.5 Å². The molecule has 0 atom stereocenters. The fourth-order valence-corrected chi connectivity index (χ4v) is 4.02. The van der Waals surface area contributed by atoms with Gasteiger partial charge in [-0.2, -0.15) is 0 Å². The van der Waals surface area contributed by atoms with Gasteiger partial charge in [0.1, 0.15) is 11.5 Å². The van der Waals surface area contributed by atoms with Crippen LogP contribution in [0.25, 0.3) is 21.8 Å². The topological polar surface area (TPSA) is 44.2 Å². The molecule has 0 fully saturated rings. The number of aromatic nitrogens is 2. The summed E-state index contributed by atoms with van der Waals surface area (Å²) in [7, 11) is 0. The van der Waals surface area contributed by atoms with E-state index in [2.05, 4.69) is 22.1 Å². The van der Waals surface area contributed by atoms with Crippen molar-refractivity contribution < 1.29 is 9.47 Å². The van der Waals surface area contributed by atoms with E-state index in [0.29, 0.717) is 0 Å². The molecule has 166 valence electrons. The van der Waals surface area contributed by atoms with Gasteiger partial charge in [-0.3, -0.25) is 9.97 Å². The summed E-state index contributed by atoms with van der Waals surface area (Å²) in [6.07, 6.45) is 13.4. The van der Waals surface area contributed by atoms with Crippen LogP contribution in [0.5, 0.6) is 11.5 Å². The van der Waals surface area contributed by atoms with Crippen LogP contribution < -0.4 is 9.47 Å². The van der Waals surface area contributed by atoms with Crippen molar-refractivity contribution in [3.63, 3.8) is 0 Å². The minimum atomic E-state index is 0.773. The molecule has 0 unspecified atom stereocenters. The number of nitrogens with zero attached hydrogens (tertiary/aromatic N) is 2. The number of unbranched alkanes of at least 4 members (excludes halogenated alkanes) is 7. The molecule has 4 heteroatoms. The first-order chi connectivity index (χ1) is 15.9. The quantitative estimate of drug-likeness (QED) is 0.209. The highest BCUT2D eigenvalue weighted by molar-refractivity contribution is 5.85. The number of pyridine rings is 2. The average molecular weight is 429 g/mol. The van der Waals surface area contributed by atoms with Crippen LogP contribution in [0.15, 0.2) is 73.1 Å². The van der Waals surface area contributed by atoms with Gasteiger partial charge in [-0.25, -0.2) is 0 Å². The van der Waals surface area contributed by atoms with Crippen LogP contribution in [-0.4, -0.2) is 23.2 Å². The third kappa shape index (κ3) is 6.19. The number of hydrogen-bond donors (Lipinski definition) is 0. The third-order valence-electron chi connectivity index (χ3n) is 5.77. The van der Waals surface area contributed by atoms with Crippen molar-refractivity contribution in [3.05, 3.63) is 73.1 Å². The number of hydrogen-bond acceptors (Lipinski definition) is 4. The SMILES string of the molecule is c1ccc2c(OCCCCCCCCCCOc3ccnc4ccccc34)ccnc2c1. The van der Waals surface area contributed by atoms with E-state index in [9.17, 15) is 0 Å². The molecule has 0 aliphatic rings. The number of fused-ring (bicyclic) bond motifs is 2. The molecule has 0 aliphatic heterocycles. The Morgan fingerprint density at radius 2 is 0.875 bits per heavy atom. The van der Waals surface area contributed by atoms with Crippen LogP contribution in [0.3, 0.4) is 0 Å². The van der Waals surface area contributed by atoms with Gasteiger partial charge < -0.3 is 9.47 Å². The number of rotatable bonds is 13. The van der Waals surface area contributed by atoms with E-state index >= 15 is 0 Å². The van der Waals surface area contributed by atoms with Crippen molar-refractivity contribution in [3.8, 4) is 11.5 Å². The van der Waals surface area contributed by atoms with Crippen molar-refractivity contribution in [2.75, 3.05) is 13.2 Å². The monoisotopic (exact) mass is 428 g/mol. The zero-order valence-electron chi connectivity index (χ0n) is 18.7. The minimum absolute atomic E-state index is 0.773. The molecule has 0 aliphatic carbocycles. The molecule has 4 nitrogen and oxygen atoms in total. The fraction of sp³-hybridized carbons (Fsp3) is 0.357. The molecule has 0 N–H and O–H groups in total. The van der Waals surface area contributed by atoms with Gasteiger partial charge in [0.2, 0.25) is 0 Å². The Labute approximate surface area is 190 Å². The van der Waals surface area contributed by atoms with Gasteiger partial charge in [-0.1, -0.05) is 62.8 Å². The van der Waals surface area contributed by atoms with E-state index in [-0.39, 0.29) is 0 Å². The standard InChI is InChI=1S/C28H32N2O2/c1(3-5-11-21-31-27-17-19-29-25-15-9-7-13-23(25)27)2-4-6-12-22-32-28-18-20-30-26-16-10-8-14-24(26)28/h7-10,13-20H,1-6,11-12,21-22H2. The molecule has 0 saturated carbocycles. The molecule has 0 bridgehead atoms. The smallest absolute Gasteiger partial charge is 0.130 e. The summed E-state index contributed by atoms with van der Waals surface area (Å²) in [6.45, 7) is 1.55. The Morgan fingerprint density at radius 3 is 1.34 bits per heavy atom. The molecule has 2 aromatic carbocycles. The molecule has 2 heterocycles. The summed E-state index contributed by atoms with van der Waals surface area (Å²) in [5.41, 5.74) is 1.98. The maximum Gasteiger partial charge on any atom is 0.130 e. The van der Waals surface area contributed by atoms with Crippen LogP contribution in [0.4, 0.5) is 0 Å². The highest BCUT2D eigenvalue weighted by atomic mass is 16.5. The van der Waals surface area contributed by atoms with Gasteiger partial charge in [0, 0.05) is 23.2 Å². The van der Waals surface area contributed by atoms with Crippen LogP contribution in [-0.2, 0) is 0 Å². The summed E-state index contributed by atoms with van der Waals surface area (Å²) in [6, 6.07) is 20.2. The largest absolute Gasteiger partial charge is 0.493 e. The van der Waals surface area contributed by atoms with E-state index in [1.54, 1.807) is 0 Å². The first kappa shape index (κ1) is 22.1. The lowest BCUT2D eigenvalue weighted by atomic mass is 10.1. The maximum absolute atomic E-state index is 6.00. The Morgan fingerprint density at radius 1 is 0.469 bits per heavy atom. The summed E-state index contributed by atoms with van der Waals surface area (Å²) < 4.78 is 12.0. The van der Waals surface area contributed by atoms with E-state index < -0.39 is 0 Å². The van der Waals surface area contributed by atoms with Gasteiger partial charge in [0.25, 0.3) is 0 Å². The Bertz CT molecular complexity index is 1010. The Kier molecular flexibility index (Phi) is 8.30. The fourth-order valence-electron chi connectivity index (χ4n) is 4.02. The molecular formula is C28H32N2O2. The van der Waals surface area contributed by atoms with Gasteiger partial charge in [0.15, 0.2) is 0 Å². The predicted molar refractivity (Wildman–Crippen MR) is 131 cm³/mol. The molecule has 32 heavy (non-hydrogen) atoms. The van der Waals surface area contributed by atoms with Crippen molar-refractivity contribution in [2.24, 2.45) is 0 Å². The normalized spacial score (nSPS) is 11.1. The van der Waals surface area contributed by atoms with Crippen molar-refractivity contribution in [1.82, 2.24) is 9.97 Å². The number of para-hydroxylation sites is 2. The zero-order chi connectivity index (χ0) is 21.8. The molecule has 2 aromatic heterocycles. The summed E-state index contributed by atoms with van der Waals surface area (Å²) >= 11 is 0. The lowest BCUT2D eigenvalue weighted by molar-refractivity contribution is 0.304. The second kappa shape index (κ2) is 12.0. The lowest BCUT2D eigenvalue weighted by Crippen LogP contribution is -1.99. The van der Waals surface area contributed by atoms with E-state index in [1.807, 2.05) is 60.9 Å². The molecular weight excluding hydrogens is 396 g/mol. The number of benzene rings is 2. The highest BCUT2D eigenvalue weighted by Gasteiger charge is 2.03. The van der Waals surface area contributed by atoms with E-state index in [0.717, 1.165) is 59.4 Å². The first-order valence-electron chi connectivity index (χ1n) is 11.8. The Hall–Kier alpha value is -3.14. The van der Waals surface area contributed by atoms with Gasteiger partial charge >= 0.3 is 0 Å². The van der Waals surface area contributed by atoms with Crippen LogP contribution >= 0.6 is 0 Å². The molecule has 4 aromatic rings. The summed E-state index contributed by atoms with van der Waals surface area (Å²) in [5, 5.41) is 2.19. The van der Waals surface area contributed by atoms with Gasteiger partial charge in [-0.05, 0) is 49.2 Å².